The number of pyridine rings is 1. The number of ether oxygens (including phenoxy) is 1. The monoisotopic (exact) mass is 285 g/mol. The van der Waals surface area contributed by atoms with Gasteiger partial charge in [0, 0.05) is 17.3 Å². The molecule has 1 aromatic rings. The van der Waals surface area contributed by atoms with Gasteiger partial charge in [-0.25, -0.2) is 4.79 Å². The highest BCUT2D eigenvalue weighted by molar-refractivity contribution is 5.89. The van der Waals surface area contributed by atoms with Crippen LogP contribution in [0.2, 0.25) is 0 Å². The van der Waals surface area contributed by atoms with E-state index in [-0.39, 0.29) is 11.4 Å². The average molecular weight is 285 g/mol. The Kier molecular flexibility index (Phi) is 3.05. The molecule has 0 atom stereocenters. The summed E-state index contributed by atoms with van der Waals surface area (Å²) in [6, 6.07) is 3.78. The van der Waals surface area contributed by atoms with Gasteiger partial charge in [0.05, 0.1) is 12.2 Å². The predicted molar refractivity (Wildman–Crippen MR) is 80.0 cm³/mol. The first-order valence-corrected chi connectivity index (χ1v) is 8.32. The molecule has 1 heterocycles. The van der Waals surface area contributed by atoms with Gasteiger partial charge in [0.15, 0.2) is 0 Å². The molecule has 4 fully saturated rings. The van der Waals surface area contributed by atoms with E-state index in [9.17, 15) is 4.79 Å². The van der Waals surface area contributed by atoms with Crippen molar-refractivity contribution in [2.24, 2.45) is 17.8 Å². The van der Waals surface area contributed by atoms with E-state index in [1.54, 1.807) is 12.3 Å². The van der Waals surface area contributed by atoms with Crippen LogP contribution in [0.25, 0.3) is 0 Å². The zero-order chi connectivity index (χ0) is 14.4. The fraction of sp³-hybridized carbons (Fsp3) is 0.667. The van der Waals surface area contributed by atoms with Gasteiger partial charge in [-0.2, -0.15) is 0 Å². The SMILES string of the molecule is CCOC(=O)c1ccnc(C23CC4CC(CC(C4)C2)C3)c1. The third kappa shape index (κ3) is 2.18. The van der Waals surface area contributed by atoms with Crippen LogP contribution < -0.4 is 0 Å². The van der Waals surface area contributed by atoms with Crippen molar-refractivity contribution in [3.05, 3.63) is 29.6 Å². The lowest BCUT2D eigenvalue weighted by atomic mass is 9.48. The van der Waals surface area contributed by atoms with Crippen molar-refractivity contribution in [1.29, 1.82) is 0 Å². The highest BCUT2D eigenvalue weighted by atomic mass is 16.5. The first kappa shape index (κ1) is 13.3. The van der Waals surface area contributed by atoms with Gasteiger partial charge in [-0.1, -0.05) is 0 Å². The number of hydrogen-bond acceptors (Lipinski definition) is 3. The maximum Gasteiger partial charge on any atom is 0.338 e. The van der Waals surface area contributed by atoms with E-state index in [0.29, 0.717) is 12.2 Å². The quantitative estimate of drug-likeness (QED) is 0.794. The Balaban J connectivity index is 1.67. The maximum atomic E-state index is 12.0. The van der Waals surface area contributed by atoms with Gasteiger partial charge >= 0.3 is 5.97 Å². The summed E-state index contributed by atoms with van der Waals surface area (Å²) in [7, 11) is 0. The van der Waals surface area contributed by atoms with E-state index in [0.717, 1.165) is 23.4 Å². The first-order valence-electron chi connectivity index (χ1n) is 8.32. The van der Waals surface area contributed by atoms with Crippen molar-refractivity contribution < 1.29 is 9.53 Å². The second-order valence-electron chi connectivity index (χ2n) is 7.35. The fourth-order valence-electron chi connectivity index (χ4n) is 5.49. The number of carbonyl (C=O) groups is 1. The Morgan fingerprint density at radius 2 is 1.86 bits per heavy atom. The fourth-order valence-corrected chi connectivity index (χ4v) is 5.49. The van der Waals surface area contributed by atoms with Gasteiger partial charge in [0.2, 0.25) is 0 Å². The van der Waals surface area contributed by atoms with Crippen LogP contribution in [0.5, 0.6) is 0 Å². The van der Waals surface area contributed by atoms with E-state index in [1.807, 2.05) is 13.0 Å². The van der Waals surface area contributed by atoms with E-state index in [4.69, 9.17) is 4.74 Å². The average Bonchev–Trinajstić information content (AvgIpc) is 2.46. The van der Waals surface area contributed by atoms with E-state index in [2.05, 4.69) is 4.98 Å². The highest BCUT2D eigenvalue weighted by Gasteiger charge is 2.52. The summed E-state index contributed by atoms with van der Waals surface area (Å²) < 4.78 is 5.14. The van der Waals surface area contributed by atoms with Crippen LogP contribution in [-0.2, 0) is 10.2 Å². The molecule has 4 saturated carbocycles. The summed E-state index contributed by atoms with van der Waals surface area (Å²) >= 11 is 0. The van der Waals surface area contributed by atoms with E-state index < -0.39 is 0 Å². The number of rotatable bonds is 3. The van der Waals surface area contributed by atoms with Gasteiger partial charge in [0.25, 0.3) is 0 Å². The van der Waals surface area contributed by atoms with E-state index >= 15 is 0 Å². The molecule has 0 amide bonds. The molecule has 0 unspecified atom stereocenters. The lowest BCUT2D eigenvalue weighted by Gasteiger charge is -2.56. The summed E-state index contributed by atoms with van der Waals surface area (Å²) in [5, 5.41) is 0. The Labute approximate surface area is 126 Å². The molecule has 21 heavy (non-hydrogen) atoms. The molecule has 3 heteroatoms. The Hall–Kier alpha value is -1.38. The summed E-state index contributed by atoms with van der Waals surface area (Å²) in [5.74, 6) is 2.46. The van der Waals surface area contributed by atoms with Crippen LogP contribution >= 0.6 is 0 Å². The van der Waals surface area contributed by atoms with Gasteiger partial charge in [-0.3, -0.25) is 4.98 Å². The zero-order valence-corrected chi connectivity index (χ0v) is 12.7. The molecule has 1 aromatic heterocycles. The smallest absolute Gasteiger partial charge is 0.338 e. The van der Waals surface area contributed by atoms with Crippen molar-refractivity contribution in [2.45, 2.75) is 50.9 Å². The number of esters is 1. The van der Waals surface area contributed by atoms with Crippen LogP contribution in [0.1, 0.15) is 61.5 Å². The summed E-state index contributed by atoms with van der Waals surface area (Å²) in [5.41, 5.74) is 2.06. The molecule has 0 aliphatic heterocycles. The third-order valence-corrected chi connectivity index (χ3v) is 5.85. The van der Waals surface area contributed by atoms with Crippen LogP contribution in [0.4, 0.5) is 0 Å². The Morgan fingerprint density at radius 3 is 2.43 bits per heavy atom. The van der Waals surface area contributed by atoms with Crippen LogP contribution in [0.15, 0.2) is 18.3 Å². The molecule has 0 N–H and O–H groups in total. The summed E-state index contributed by atoms with van der Waals surface area (Å²) in [6.45, 7) is 2.27. The third-order valence-electron chi connectivity index (χ3n) is 5.85. The molecule has 112 valence electrons. The molecular formula is C18H23NO2. The van der Waals surface area contributed by atoms with Crippen LogP contribution in [0.3, 0.4) is 0 Å². The minimum atomic E-state index is -0.217. The minimum absolute atomic E-state index is 0.217. The number of carbonyl (C=O) groups excluding carboxylic acids is 1. The predicted octanol–water partition coefficient (Wildman–Crippen LogP) is 3.73. The number of hydrogen-bond donors (Lipinski definition) is 0. The van der Waals surface area contributed by atoms with Crippen molar-refractivity contribution in [2.75, 3.05) is 6.61 Å². The van der Waals surface area contributed by atoms with Crippen LogP contribution in [0, 0.1) is 17.8 Å². The maximum absolute atomic E-state index is 12.0. The summed E-state index contributed by atoms with van der Waals surface area (Å²) in [6.07, 6.45) is 9.90. The molecule has 0 saturated heterocycles. The van der Waals surface area contributed by atoms with Crippen LogP contribution in [-0.4, -0.2) is 17.6 Å². The largest absolute Gasteiger partial charge is 0.462 e. The molecule has 4 aliphatic rings. The van der Waals surface area contributed by atoms with Crippen molar-refractivity contribution in [1.82, 2.24) is 4.98 Å². The second kappa shape index (κ2) is 4.82. The zero-order valence-electron chi connectivity index (χ0n) is 12.7. The van der Waals surface area contributed by atoms with Gasteiger partial charge < -0.3 is 4.74 Å². The lowest BCUT2D eigenvalue weighted by Crippen LogP contribution is -2.49. The molecule has 0 aromatic carbocycles. The Morgan fingerprint density at radius 1 is 1.24 bits per heavy atom. The van der Waals surface area contributed by atoms with Gasteiger partial charge in [-0.15, -0.1) is 0 Å². The van der Waals surface area contributed by atoms with E-state index in [1.165, 1.54) is 38.5 Å². The molecular weight excluding hydrogens is 262 g/mol. The molecule has 4 bridgehead atoms. The van der Waals surface area contributed by atoms with Gasteiger partial charge in [-0.05, 0) is 75.3 Å². The van der Waals surface area contributed by atoms with Crippen molar-refractivity contribution in [3.8, 4) is 0 Å². The van der Waals surface area contributed by atoms with Crippen molar-refractivity contribution >= 4 is 5.97 Å². The molecule has 0 radical (unpaired) electrons. The number of aromatic nitrogens is 1. The second-order valence-corrected chi connectivity index (χ2v) is 7.35. The first-order chi connectivity index (χ1) is 10.2. The summed E-state index contributed by atoms with van der Waals surface area (Å²) in [4.78, 5) is 16.6. The van der Waals surface area contributed by atoms with Crippen molar-refractivity contribution in [3.63, 3.8) is 0 Å². The standard InChI is InChI=1S/C18H23NO2/c1-2-21-17(20)15-3-4-19-16(8-15)18-9-12-5-13(10-18)7-14(6-12)11-18/h3-4,8,12-14H,2,5-7,9-11H2,1H3. The topological polar surface area (TPSA) is 39.2 Å². The molecule has 3 nitrogen and oxygen atoms in total. The number of nitrogens with zero attached hydrogens (tertiary/aromatic N) is 1. The molecule has 5 rings (SSSR count). The minimum Gasteiger partial charge on any atom is -0.462 e. The highest BCUT2D eigenvalue weighted by Crippen LogP contribution is 2.60. The normalized spacial score (nSPS) is 36.7. The lowest BCUT2D eigenvalue weighted by molar-refractivity contribution is -0.00724. The molecule has 4 aliphatic carbocycles. The molecule has 0 spiro atoms. The Bertz CT molecular complexity index is 531. The van der Waals surface area contributed by atoms with Gasteiger partial charge in [0.1, 0.15) is 0 Å².